The van der Waals surface area contributed by atoms with E-state index in [2.05, 4.69) is 12.2 Å². The van der Waals surface area contributed by atoms with Crippen molar-refractivity contribution in [3.8, 4) is 0 Å². The Labute approximate surface area is 190 Å². The minimum absolute atomic E-state index is 0.145. The molecule has 1 rings (SSSR count). The molecule has 0 aliphatic carbocycles. The fraction of sp³-hybridized carbons (Fsp3) is 0.680. The van der Waals surface area contributed by atoms with E-state index in [0.717, 1.165) is 31.4 Å². The molecule has 0 radical (unpaired) electrons. The standard InChI is InChI=1S/C25H38F3NO3/c1-4-5-6-7-8-9-10-11-12-13-17-32-24(31)22(19(2)3)29-23(30)20-15-14-16-21(18-20)25(26,27)28/h14-16,18-19,22H,4-13,17H2,1-3H3,(H,29,30). The Bertz CT molecular complexity index is 689. The second-order valence-electron chi connectivity index (χ2n) is 8.62. The molecule has 1 N–H and O–H groups in total. The summed E-state index contributed by atoms with van der Waals surface area (Å²) < 4.78 is 44.0. The lowest BCUT2D eigenvalue weighted by Gasteiger charge is -2.21. The van der Waals surface area contributed by atoms with Gasteiger partial charge in [-0.3, -0.25) is 4.79 Å². The maximum absolute atomic E-state index is 12.9. The highest BCUT2D eigenvalue weighted by molar-refractivity contribution is 5.97. The van der Waals surface area contributed by atoms with Crippen LogP contribution in [0.25, 0.3) is 0 Å². The van der Waals surface area contributed by atoms with Crippen LogP contribution in [0, 0.1) is 5.92 Å². The lowest BCUT2D eigenvalue weighted by atomic mass is 10.0. The Morgan fingerprint density at radius 1 is 0.938 bits per heavy atom. The molecule has 0 spiro atoms. The Hall–Kier alpha value is -2.05. The molecule has 182 valence electrons. The van der Waals surface area contributed by atoms with E-state index in [1.54, 1.807) is 13.8 Å². The van der Waals surface area contributed by atoms with Gasteiger partial charge in [0.25, 0.3) is 5.91 Å². The predicted molar refractivity (Wildman–Crippen MR) is 120 cm³/mol. The molecule has 7 heteroatoms. The van der Waals surface area contributed by atoms with E-state index >= 15 is 0 Å². The van der Waals surface area contributed by atoms with E-state index < -0.39 is 29.7 Å². The van der Waals surface area contributed by atoms with E-state index in [9.17, 15) is 22.8 Å². The number of unbranched alkanes of at least 4 members (excludes halogenated alkanes) is 9. The molecule has 0 heterocycles. The van der Waals surface area contributed by atoms with E-state index in [-0.39, 0.29) is 18.1 Å². The van der Waals surface area contributed by atoms with Crippen LogP contribution in [0.15, 0.2) is 24.3 Å². The summed E-state index contributed by atoms with van der Waals surface area (Å²) in [5, 5.41) is 2.52. The lowest BCUT2D eigenvalue weighted by Crippen LogP contribution is -2.45. The van der Waals surface area contributed by atoms with Gasteiger partial charge in [-0.2, -0.15) is 13.2 Å². The van der Waals surface area contributed by atoms with Crippen LogP contribution in [-0.2, 0) is 15.7 Å². The quantitative estimate of drug-likeness (QED) is 0.230. The number of amides is 1. The number of halogens is 3. The van der Waals surface area contributed by atoms with Crippen LogP contribution in [0.5, 0.6) is 0 Å². The van der Waals surface area contributed by atoms with Crippen molar-refractivity contribution >= 4 is 11.9 Å². The maximum atomic E-state index is 12.9. The molecule has 32 heavy (non-hydrogen) atoms. The van der Waals surface area contributed by atoms with Gasteiger partial charge in [0, 0.05) is 5.56 Å². The fourth-order valence-electron chi connectivity index (χ4n) is 3.41. The normalized spacial score (nSPS) is 12.6. The van der Waals surface area contributed by atoms with Crippen molar-refractivity contribution < 1.29 is 27.5 Å². The first-order chi connectivity index (χ1) is 15.2. The van der Waals surface area contributed by atoms with E-state index in [4.69, 9.17) is 4.74 Å². The summed E-state index contributed by atoms with van der Waals surface area (Å²) in [4.78, 5) is 24.8. The summed E-state index contributed by atoms with van der Waals surface area (Å²) in [5.41, 5.74) is -1.05. The Morgan fingerprint density at radius 2 is 1.50 bits per heavy atom. The topological polar surface area (TPSA) is 55.4 Å². The van der Waals surface area contributed by atoms with Crippen molar-refractivity contribution in [2.75, 3.05) is 6.61 Å². The number of rotatable bonds is 15. The molecule has 0 bridgehead atoms. The maximum Gasteiger partial charge on any atom is 0.416 e. The van der Waals surface area contributed by atoms with Crippen molar-refractivity contribution in [3.63, 3.8) is 0 Å². The van der Waals surface area contributed by atoms with Gasteiger partial charge in [-0.05, 0) is 30.5 Å². The molecule has 0 aromatic heterocycles. The number of hydrogen-bond donors (Lipinski definition) is 1. The summed E-state index contributed by atoms with van der Waals surface area (Å²) in [6.45, 7) is 5.98. The Morgan fingerprint density at radius 3 is 2.03 bits per heavy atom. The predicted octanol–water partition coefficient (Wildman–Crippen LogP) is 6.92. The summed E-state index contributed by atoms with van der Waals surface area (Å²) in [5.74, 6) is -1.55. The number of ether oxygens (including phenoxy) is 1. The van der Waals surface area contributed by atoms with Crippen LogP contribution in [0.4, 0.5) is 13.2 Å². The van der Waals surface area contributed by atoms with Gasteiger partial charge in [-0.15, -0.1) is 0 Å². The van der Waals surface area contributed by atoms with Gasteiger partial charge in [-0.25, -0.2) is 4.79 Å². The third kappa shape index (κ3) is 11.0. The van der Waals surface area contributed by atoms with Gasteiger partial charge in [0.05, 0.1) is 12.2 Å². The highest BCUT2D eigenvalue weighted by Gasteiger charge is 2.31. The Kier molecular flexibility index (Phi) is 13.0. The Balaban J connectivity index is 2.38. The van der Waals surface area contributed by atoms with E-state index in [0.29, 0.717) is 0 Å². The molecular weight excluding hydrogens is 419 g/mol. The van der Waals surface area contributed by atoms with Gasteiger partial charge < -0.3 is 10.1 Å². The molecule has 1 aromatic rings. The van der Waals surface area contributed by atoms with Crippen LogP contribution < -0.4 is 5.32 Å². The number of alkyl halides is 3. The highest BCUT2D eigenvalue weighted by Crippen LogP contribution is 2.29. The zero-order valence-electron chi connectivity index (χ0n) is 19.6. The molecule has 1 unspecified atom stereocenters. The zero-order chi connectivity index (χ0) is 24.0. The van der Waals surface area contributed by atoms with Crippen LogP contribution in [0.2, 0.25) is 0 Å². The monoisotopic (exact) mass is 457 g/mol. The molecule has 1 atom stereocenters. The van der Waals surface area contributed by atoms with Crippen molar-refractivity contribution in [2.24, 2.45) is 5.92 Å². The number of carbonyl (C=O) groups is 2. The van der Waals surface area contributed by atoms with Gasteiger partial charge in [0.1, 0.15) is 6.04 Å². The molecular formula is C25H38F3NO3. The first-order valence-corrected chi connectivity index (χ1v) is 11.8. The SMILES string of the molecule is CCCCCCCCCCCCOC(=O)C(NC(=O)c1cccc(C(F)(F)F)c1)C(C)C. The van der Waals surface area contributed by atoms with Crippen LogP contribution in [0.1, 0.15) is 101 Å². The molecule has 0 aliphatic rings. The average Bonchev–Trinajstić information content (AvgIpc) is 2.74. The summed E-state index contributed by atoms with van der Waals surface area (Å²) in [6.07, 6.45) is 7.17. The summed E-state index contributed by atoms with van der Waals surface area (Å²) >= 11 is 0. The molecule has 0 aliphatic heterocycles. The van der Waals surface area contributed by atoms with Gasteiger partial charge in [0.15, 0.2) is 0 Å². The molecule has 4 nitrogen and oxygen atoms in total. The highest BCUT2D eigenvalue weighted by atomic mass is 19.4. The van der Waals surface area contributed by atoms with Gasteiger partial charge in [-0.1, -0.05) is 84.6 Å². The summed E-state index contributed by atoms with van der Waals surface area (Å²) in [6, 6.07) is 3.22. The summed E-state index contributed by atoms with van der Waals surface area (Å²) in [7, 11) is 0. The minimum atomic E-state index is -4.54. The second-order valence-corrected chi connectivity index (χ2v) is 8.62. The lowest BCUT2D eigenvalue weighted by molar-refractivity contribution is -0.147. The smallest absolute Gasteiger partial charge is 0.416 e. The van der Waals surface area contributed by atoms with Crippen molar-refractivity contribution in [1.29, 1.82) is 0 Å². The van der Waals surface area contributed by atoms with Crippen LogP contribution >= 0.6 is 0 Å². The van der Waals surface area contributed by atoms with Crippen molar-refractivity contribution in [1.82, 2.24) is 5.32 Å². The molecule has 1 amide bonds. The first kappa shape index (κ1) is 28.0. The molecule has 0 fully saturated rings. The average molecular weight is 458 g/mol. The number of nitrogens with one attached hydrogen (secondary N) is 1. The number of carbonyl (C=O) groups excluding carboxylic acids is 2. The van der Waals surface area contributed by atoms with Crippen molar-refractivity contribution in [3.05, 3.63) is 35.4 Å². The van der Waals surface area contributed by atoms with Gasteiger partial charge in [0.2, 0.25) is 0 Å². The molecule has 1 aromatic carbocycles. The van der Waals surface area contributed by atoms with E-state index in [1.807, 2.05) is 0 Å². The number of esters is 1. The molecule has 0 saturated carbocycles. The minimum Gasteiger partial charge on any atom is -0.464 e. The second kappa shape index (κ2) is 14.9. The third-order valence-corrected chi connectivity index (χ3v) is 5.40. The zero-order valence-corrected chi connectivity index (χ0v) is 19.6. The van der Waals surface area contributed by atoms with Crippen molar-refractivity contribution in [2.45, 2.75) is 97.2 Å². The van der Waals surface area contributed by atoms with Crippen LogP contribution in [0.3, 0.4) is 0 Å². The van der Waals surface area contributed by atoms with E-state index in [1.165, 1.54) is 57.1 Å². The fourth-order valence-corrected chi connectivity index (χ4v) is 3.41. The largest absolute Gasteiger partial charge is 0.464 e. The van der Waals surface area contributed by atoms with Crippen LogP contribution in [-0.4, -0.2) is 24.5 Å². The number of benzene rings is 1. The third-order valence-electron chi connectivity index (χ3n) is 5.40. The first-order valence-electron chi connectivity index (χ1n) is 11.8. The number of hydrogen-bond acceptors (Lipinski definition) is 3. The molecule has 0 saturated heterocycles. The van der Waals surface area contributed by atoms with Gasteiger partial charge >= 0.3 is 12.1 Å².